The maximum atomic E-state index is 12.7. The first-order chi connectivity index (χ1) is 11.8. The first-order valence-electron chi connectivity index (χ1n) is 8.61. The van der Waals surface area contributed by atoms with Gasteiger partial charge in [-0.25, -0.2) is 4.79 Å². The van der Waals surface area contributed by atoms with Crippen LogP contribution in [0.5, 0.6) is 0 Å². The van der Waals surface area contributed by atoms with E-state index in [0.29, 0.717) is 30.8 Å². The fourth-order valence-electron chi connectivity index (χ4n) is 3.46. The Morgan fingerprint density at radius 2 is 1.96 bits per heavy atom. The number of nitrogens with zero attached hydrogens (tertiary/aromatic N) is 3. The number of carbonyl (C=O) groups excluding carboxylic acids is 2. The van der Waals surface area contributed by atoms with E-state index in [4.69, 9.17) is 4.74 Å². The van der Waals surface area contributed by atoms with E-state index in [1.165, 1.54) is 0 Å². The molecule has 6 nitrogen and oxygen atoms in total. The number of likely N-dealkylation sites (tertiary alicyclic amines) is 1. The van der Waals surface area contributed by atoms with Gasteiger partial charge in [0.15, 0.2) is 0 Å². The van der Waals surface area contributed by atoms with Crippen molar-refractivity contribution in [2.45, 2.75) is 51.8 Å². The van der Waals surface area contributed by atoms with Gasteiger partial charge in [0.05, 0.1) is 17.2 Å². The smallest absolute Gasteiger partial charge is 0.410 e. The largest absolute Gasteiger partial charge is 0.444 e. The van der Waals surface area contributed by atoms with Gasteiger partial charge in [0.2, 0.25) is 0 Å². The Balaban J connectivity index is 1.64. The molecule has 2 amide bonds. The zero-order valence-electron chi connectivity index (χ0n) is 14.9. The number of ether oxygens (including phenoxy) is 1. The molecule has 0 aromatic heterocycles. The standard InChI is InChI=1S/C19H23N3O3/c1-19(2,3)25-18(24)21-9-7-15(8-10-21)22-12-14-6-4-5-13(11-20)16(14)17(22)23/h4-6,15H,7-10,12H2,1-3H3. The predicted octanol–water partition coefficient (Wildman–Crippen LogP) is 2.91. The molecule has 1 saturated heterocycles. The molecular weight excluding hydrogens is 318 g/mol. The van der Waals surface area contributed by atoms with Crippen LogP contribution in [0.1, 0.15) is 55.1 Å². The van der Waals surface area contributed by atoms with Crippen LogP contribution in [0.25, 0.3) is 0 Å². The second-order valence-corrected chi connectivity index (χ2v) is 7.58. The van der Waals surface area contributed by atoms with E-state index < -0.39 is 5.60 Å². The van der Waals surface area contributed by atoms with Gasteiger partial charge in [0.25, 0.3) is 5.91 Å². The summed E-state index contributed by atoms with van der Waals surface area (Å²) in [4.78, 5) is 28.5. The normalized spacial score (nSPS) is 18.1. The first-order valence-corrected chi connectivity index (χ1v) is 8.61. The Morgan fingerprint density at radius 3 is 2.56 bits per heavy atom. The molecule has 6 heteroatoms. The molecular formula is C19H23N3O3. The molecule has 0 radical (unpaired) electrons. The molecule has 1 fully saturated rings. The number of hydrogen-bond acceptors (Lipinski definition) is 4. The zero-order valence-corrected chi connectivity index (χ0v) is 14.9. The van der Waals surface area contributed by atoms with Crippen molar-refractivity contribution in [1.29, 1.82) is 5.26 Å². The second-order valence-electron chi connectivity index (χ2n) is 7.58. The van der Waals surface area contributed by atoms with Gasteiger partial charge >= 0.3 is 6.09 Å². The third-order valence-electron chi connectivity index (χ3n) is 4.64. The molecule has 2 aliphatic rings. The van der Waals surface area contributed by atoms with Crippen molar-refractivity contribution in [3.63, 3.8) is 0 Å². The Bertz CT molecular complexity index is 737. The van der Waals surface area contributed by atoms with E-state index >= 15 is 0 Å². The molecule has 0 saturated carbocycles. The first kappa shape index (κ1) is 17.3. The van der Waals surface area contributed by atoms with Crippen LogP contribution in [0, 0.1) is 11.3 Å². The minimum atomic E-state index is -0.506. The fourth-order valence-corrected chi connectivity index (χ4v) is 3.46. The lowest BCUT2D eigenvalue weighted by molar-refractivity contribution is 0.0148. The molecule has 0 bridgehead atoms. The topological polar surface area (TPSA) is 73.6 Å². The van der Waals surface area contributed by atoms with E-state index in [1.807, 2.05) is 37.8 Å². The fraction of sp³-hybridized carbons (Fsp3) is 0.526. The zero-order chi connectivity index (χ0) is 18.2. The summed E-state index contributed by atoms with van der Waals surface area (Å²) in [6, 6.07) is 7.61. The Labute approximate surface area is 148 Å². The molecule has 132 valence electrons. The summed E-state index contributed by atoms with van der Waals surface area (Å²) in [6.07, 6.45) is 1.15. The summed E-state index contributed by atoms with van der Waals surface area (Å²) >= 11 is 0. The number of fused-ring (bicyclic) bond motifs is 1. The maximum Gasteiger partial charge on any atom is 0.410 e. The van der Waals surface area contributed by atoms with Crippen LogP contribution in [0.15, 0.2) is 18.2 Å². The monoisotopic (exact) mass is 341 g/mol. The van der Waals surface area contributed by atoms with Crippen LogP contribution < -0.4 is 0 Å². The maximum absolute atomic E-state index is 12.7. The number of rotatable bonds is 1. The van der Waals surface area contributed by atoms with Gasteiger partial charge in [-0.15, -0.1) is 0 Å². The minimum absolute atomic E-state index is 0.0668. The van der Waals surface area contributed by atoms with Gasteiger partial charge in [-0.05, 0) is 45.2 Å². The lowest BCUT2D eigenvalue weighted by Crippen LogP contribution is -2.48. The summed E-state index contributed by atoms with van der Waals surface area (Å²) in [6.45, 7) is 7.25. The molecule has 1 aromatic rings. The van der Waals surface area contributed by atoms with E-state index in [-0.39, 0.29) is 18.0 Å². The van der Waals surface area contributed by atoms with Crippen molar-refractivity contribution in [3.05, 3.63) is 34.9 Å². The van der Waals surface area contributed by atoms with Crippen molar-refractivity contribution < 1.29 is 14.3 Å². The van der Waals surface area contributed by atoms with Crippen molar-refractivity contribution in [2.24, 2.45) is 0 Å². The average Bonchev–Trinajstić information content (AvgIpc) is 2.90. The number of hydrogen-bond donors (Lipinski definition) is 0. The molecule has 0 unspecified atom stereocenters. The average molecular weight is 341 g/mol. The van der Waals surface area contributed by atoms with Crippen LogP contribution in [0.3, 0.4) is 0 Å². The summed E-state index contributed by atoms with van der Waals surface area (Å²) in [5.41, 5.74) is 1.39. The summed E-state index contributed by atoms with van der Waals surface area (Å²) < 4.78 is 5.41. The van der Waals surface area contributed by atoms with E-state index in [2.05, 4.69) is 6.07 Å². The van der Waals surface area contributed by atoms with Crippen LogP contribution in [-0.4, -0.2) is 46.5 Å². The molecule has 2 heterocycles. The molecule has 25 heavy (non-hydrogen) atoms. The summed E-state index contributed by atoms with van der Waals surface area (Å²) in [5, 5.41) is 9.23. The molecule has 0 atom stereocenters. The minimum Gasteiger partial charge on any atom is -0.444 e. The van der Waals surface area contributed by atoms with E-state index in [1.54, 1.807) is 11.0 Å². The van der Waals surface area contributed by atoms with Crippen LogP contribution >= 0.6 is 0 Å². The Hall–Kier alpha value is -2.55. The predicted molar refractivity (Wildman–Crippen MR) is 91.9 cm³/mol. The lowest BCUT2D eigenvalue weighted by Gasteiger charge is -2.37. The summed E-state index contributed by atoms with van der Waals surface area (Å²) in [7, 11) is 0. The molecule has 1 aromatic carbocycles. The van der Waals surface area contributed by atoms with Gasteiger partial charge in [-0.1, -0.05) is 12.1 Å². The number of benzene rings is 1. The van der Waals surface area contributed by atoms with Crippen molar-refractivity contribution >= 4 is 12.0 Å². The van der Waals surface area contributed by atoms with Crippen molar-refractivity contribution in [2.75, 3.05) is 13.1 Å². The lowest BCUT2D eigenvalue weighted by atomic mass is 10.0. The Kier molecular flexibility index (Phi) is 4.42. The number of piperidine rings is 1. The van der Waals surface area contributed by atoms with Crippen LogP contribution in [-0.2, 0) is 11.3 Å². The van der Waals surface area contributed by atoms with Crippen LogP contribution in [0.4, 0.5) is 4.79 Å². The van der Waals surface area contributed by atoms with Crippen molar-refractivity contribution in [1.82, 2.24) is 9.80 Å². The number of amides is 2. The second kappa shape index (κ2) is 6.40. The highest BCUT2D eigenvalue weighted by atomic mass is 16.6. The molecule has 0 N–H and O–H groups in total. The molecule has 0 spiro atoms. The van der Waals surface area contributed by atoms with E-state index in [0.717, 1.165) is 18.4 Å². The molecule has 0 aliphatic carbocycles. The quantitative estimate of drug-likeness (QED) is 0.787. The molecule has 3 rings (SSSR count). The third kappa shape index (κ3) is 3.46. The number of carbonyl (C=O) groups is 2. The van der Waals surface area contributed by atoms with Gasteiger partial charge in [0.1, 0.15) is 5.60 Å². The van der Waals surface area contributed by atoms with E-state index in [9.17, 15) is 14.9 Å². The highest BCUT2D eigenvalue weighted by molar-refractivity contribution is 6.00. The van der Waals surface area contributed by atoms with Crippen LogP contribution in [0.2, 0.25) is 0 Å². The third-order valence-corrected chi connectivity index (χ3v) is 4.64. The van der Waals surface area contributed by atoms with Crippen molar-refractivity contribution in [3.8, 4) is 6.07 Å². The van der Waals surface area contributed by atoms with Gasteiger partial charge in [-0.3, -0.25) is 4.79 Å². The van der Waals surface area contributed by atoms with Gasteiger partial charge in [-0.2, -0.15) is 5.26 Å². The van der Waals surface area contributed by atoms with Gasteiger partial charge < -0.3 is 14.5 Å². The molecule has 2 aliphatic heterocycles. The highest BCUT2D eigenvalue weighted by Gasteiger charge is 2.37. The summed E-state index contributed by atoms with van der Waals surface area (Å²) in [5.74, 6) is -0.0668. The Morgan fingerprint density at radius 1 is 1.28 bits per heavy atom. The number of nitriles is 1. The SMILES string of the molecule is CC(C)(C)OC(=O)N1CCC(N2Cc3cccc(C#N)c3C2=O)CC1. The highest BCUT2D eigenvalue weighted by Crippen LogP contribution is 2.30. The van der Waals surface area contributed by atoms with Gasteiger partial charge in [0, 0.05) is 25.7 Å².